The lowest BCUT2D eigenvalue weighted by atomic mass is 10.4. The van der Waals surface area contributed by atoms with Gasteiger partial charge in [-0.1, -0.05) is 0 Å². The van der Waals surface area contributed by atoms with Crippen LogP contribution in [0.2, 0.25) is 0 Å². The van der Waals surface area contributed by atoms with Crippen LogP contribution in [0.25, 0.3) is 0 Å². The summed E-state index contributed by atoms with van der Waals surface area (Å²) >= 11 is 0. The van der Waals surface area contributed by atoms with Crippen LogP contribution in [0.1, 0.15) is 6.92 Å². The lowest BCUT2D eigenvalue weighted by Crippen LogP contribution is -2.43. The summed E-state index contributed by atoms with van der Waals surface area (Å²) in [6.07, 6.45) is -0.560. The fraction of sp³-hybridized carbons (Fsp3) is 0.692. The average molecular weight is 368 g/mol. The number of aliphatic hydroxyl groups is 2. The Morgan fingerprint density at radius 1 is 0.720 bits per heavy atom. The van der Waals surface area contributed by atoms with Crippen molar-refractivity contribution in [3.8, 4) is 0 Å². The highest BCUT2D eigenvalue weighted by molar-refractivity contribution is 5.73. The van der Waals surface area contributed by atoms with E-state index in [-0.39, 0.29) is 19.7 Å². The Balaban J connectivity index is 0. The molecule has 0 aliphatic rings. The maximum Gasteiger partial charge on any atom is 0.317 e. The molecule has 0 heterocycles. The molecule has 0 bridgehead atoms. The minimum atomic E-state index is -1.23. The first-order chi connectivity index (χ1) is 11.5. The molecular formula is C13H24N2O10. The first kappa shape index (κ1) is 25.0. The fourth-order valence-electron chi connectivity index (χ4n) is 1.48. The molecule has 12 heteroatoms. The molecule has 0 saturated heterocycles. The molecule has 25 heavy (non-hydrogen) atoms. The summed E-state index contributed by atoms with van der Waals surface area (Å²) < 4.78 is 0. The molecule has 1 atom stereocenters. The molecule has 0 aromatic carbocycles. The number of rotatable bonds is 12. The van der Waals surface area contributed by atoms with Crippen molar-refractivity contribution in [3.05, 3.63) is 0 Å². The van der Waals surface area contributed by atoms with E-state index >= 15 is 0 Å². The molecule has 1 unspecified atom stereocenters. The third-order valence-corrected chi connectivity index (χ3v) is 2.43. The number of nitrogens with zero attached hydrogens (tertiary/aromatic N) is 2. The standard InChI is InChI=1S/C10H16N2O8.C3H8O2/c13-7(14)3-11(4-8(15)16)1-2-12(5-9(17)18)6-10(19)20;1-3(5)2-4/h1-6H2,(H,13,14)(H,15,16)(H,17,18)(H,19,20);3-5H,2H2,1H3. The Morgan fingerprint density at radius 3 is 1.04 bits per heavy atom. The zero-order valence-corrected chi connectivity index (χ0v) is 13.7. The van der Waals surface area contributed by atoms with E-state index in [0.717, 1.165) is 9.80 Å². The van der Waals surface area contributed by atoms with Crippen LogP contribution in [0.5, 0.6) is 0 Å². The SMILES string of the molecule is CC(O)CO.O=C(O)CN(CCN(CC(=O)O)CC(=O)O)CC(=O)O. The van der Waals surface area contributed by atoms with Crippen molar-refractivity contribution in [2.75, 3.05) is 45.9 Å². The molecule has 0 aromatic rings. The summed E-state index contributed by atoms with van der Waals surface area (Å²) in [6, 6.07) is 0. The van der Waals surface area contributed by atoms with Gasteiger partial charge in [0.25, 0.3) is 0 Å². The Hall–Kier alpha value is -2.28. The predicted molar refractivity (Wildman–Crippen MR) is 82.2 cm³/mol. The molecule has 0 amide bonds. The zero-order valence-electron chi connectivity index (χ0n) is 13.7. The van der Waals surface area contributed by atoms with Crippen molar-refractivity contribution >= 4 is 23.9 Å². The summed E-state index contributed by atoms with van der Waals surface area (Å²) in [6.45, 7) is -0.862. The highest BCUT2D eigenvalue weighted by Crippen LogP contribution is 1.94. The Bertz CT molecular complexity index is 373. The Labute approximate surface area is 143 Å². The zero-order chi connectivity index (χ0) is 20.0. The van der Waals surface area contributed by atoms with Crippen LogP contribution in [-0.4, -0.2) is 116 Å². The van der Waals surface area contributed by atoms with Gasteiger partial charge in [0.2, 0.25) is 0 Å². The minimum Gasteiger partial charge on any atom is -0.480 e. The van der Waals surface area contributed by atoms with Gasteiger partial charge in [0.05, 0.1) is 38.9 Å². The number of hydrogen-bond donors (Lipinski definition) is 6. The maximum absolute atomic E-state index is 10.6. The number of aliphatic carboxylic acids is 4. The average Bonchev–Trinajstić information content (AvgIpc) is 2.42. The molecule has 146 valence electrons. The second-order valence-electron chi connectivity index (χ2n) is 5.03. The van der Waals surface area contributed by atoms with Gasteiger partial charge < -0.3 is 30.6 Å². The van der Waals surface area contributed by atoms with Gasteiger partial charge in [-0.2, -0.15) is 0 Å². The molecule has 6 N–H and O–H groups in total. The molecule has 0 aliphatic carbocycles. The van der Waals surface area contributed by atoms with Crippen molar-refractivity contribution in [1.82, 2.24) is 9.80 Å². The summed E-state index contributed by atoms with van der Waals surface area (Å²) in [7, 11) is 0. The highest BCUT2D eigenvalue weighted by atomic mass is 16.4. The van der Waals surface area contributed by atoms with Crippen LogP contribution in [0.15, 0.2) is 0 Å². The van der Waals surface area contributed by atoms with E-state index < -0.39 is 56.2 Å². The van der Waals surface area contributed by atoms with E-state index in [2.05, 4.69) is 0 Å². The van der Waals surface area contributed by atoms with Crippen LogP contribution in [0.4, 0.5) is 0 Å². The van der Waals surface area contributed by atoms with Crippen LogP contribution < -0.4 is 0 Å². The lowest BCUT2D eigenvalue weighted by molar-refractivity contribution is -0.145. The number of aliphatic hydroxyl groups excluding tert-OH is 2. The van der Waals surface area contributed by atoms with Crippen molar-refractivity contribution in [2.24, 2.45) is 0 Å². The van der Waals surface area contributed by atoms with Crippen molar-refractivity contribution in [2.45, 2.75) is 13.0 Å². The normalized spacial score (nSPS) is 11.6. The molecule has 0 fully saturated rings. The Kier molecular flexibility index (Phi) is 14.1. The Morgan fingerprint density at radius 2 is 0.920 bits per heavy atom. The smallest absolute Gasteiger partial charge is 0.317 e. The quantitative estimate of drug-likeness (QED) is 0.209. The molecule has 0 saturated carbocycles. The third kappa shape index (κ3) is 19.7. The van der Waals surface area contributed by atoms with E-state index in [1.165, 1.54) is 6.92 Å². The van der Waals surface area contributed by atoms with Crippen molar-refractivity contribution < 1.29 is 49.8 Å². The molecule has 12 nitrogen and oxygen atoms in total. The van der Waals surface area contributed by atoms with Gasteiger partial charge in [0, 0.05) is 13.1 Å². The topological polar surface area (TPSA) is 196 Å². The van der Waals surface area contributed by atoms with Gasteiger partial charge in [0.15, 0.2) is 0 Å². The van der Waals surface area contributed by atoms with E-state index in [1.807, 2.05) is 0 Å². The van der Waals surface area contributed by atoms with Gasteiger partial charge >= 0.3 is 23.9 Å². The monoisotopic (exact) mass is 368 g/mol. The predicted octanol–water partition coefficient (Wildman–Crippen LogP) is -2.71. The summed E-state index contributed by atoms with van der Waals surface area (Å²) in [5.41, 5.74) is 0. The van der Waals surface area contributed by atoms with Crippen LogP contribution in [0.3, 0.4) is 0 Å². The van der Waals surface area contributed by atoms with Crippen LogP contribution in [-0.2, 0) is 19.2 Å². The number of hydrogen-bond acceptors (Lipinski definition) is 8. The highest BCUT2D eigenvalue weighted by Gasteiger charge is 2.17. The van der Waals surface area contributed by atoms with E-state index in [4.69, 9.17) is 30.6 Å². The summed E-state index contributed by atoms with van der Waals surface area (Å²) in [5, 5.41) is 50.5. The first-order valence-corrected chi connectivity index (χ1v) is 7.08. The van der Waals surface area contributed by atoms with Crippen molar-refractivity contribution in [1.29, 1.82) is 0 Å². The largest absolute Gasteiger partial charge is 0.480 e. The summed E-state index contributed by atoms with van der Waals surface area (Å²) in [4.78, 5) is 44.4. The molecule has 0 aromatic heterocycles. The number of carboxylic acid groups (broad SMARTS) is 4. The van der Waals surface area contributed by atoms with Gasteiger partial charge in [0.1, 0.15) is 0 Å². The molecule has 0 rings (SSSR count). The van der Waals surface area contributed by atoms with E-state index in [0.29, 0.717) is 0 Å². The van der Waals surface area contributed by atoms with Gasteiger partial charge in [-0.3, -0.25) is 29.0 Å². The van der Waals surface area contributed by atoms with Gasteiger partial charge in [-0.15, -0.1) is 0 Å². The van der Waals surface area contributed by atoms with Gasteiger partial charge in [-0.25, -0.2) is 0 Å². The first-order valence-electron chi connectivity index (χ1n) is 7.08. The second-order valence-corrected chi connectivity index (χ2v) is 5.03. The minimum absolute atomic E-state index is 0.0703. The fourth-order valence-corrected chi connectivity index (χ4v) is 1.48. The lowest BCUT2D eigenvalue weighted by Gasteiger charge is -2.23. The van der Waals surface area contributed by atoms with E-state index in [9.17, 15) is 19.2 Å². The number of carbonyl (C=O) groups is 4. The molecule has 0 aliphatic heterocycles. The molecule has 0 spiro atoms. The molecule has 0 radical (unpaired) electrons. The van der Waals surface area contributed by atoms with Crippen LogP contribution in [0, 0.1) is 0 Å². The van der Waals surface area contributed by atoms with Crippen molar-refractivity contribution in [3.63, 3.8) is 0 Å². The molecular weight excluding hydrogens is 344 g/mol. The van der Waals surface area contributed by atoms with Gasteiger partial charge in [-0.05, 0) is 6.92 Å². The number of carboxylic acids is 4. The second kappa shape index (κ2) is 14.1. The van der Waals surface area contributed by atoms with E-state index in [1.54, 1.807) is 0 Å². The maximum atomic E-state index is 10.6. The summed E-state index contributed by atoms with van der Waals surface area (Å²) in [5.74, 6) is -4.91. The third-order valence-electron chi connectivity index (χ3n) is 2.43. The van der Waals surface area contributed by atoms with Crippen LogP contribution >= 0.6 is 0 Å².